The number of phenols is 1. The number of aromatic hydroxyl groups is 1. The summed E-state index contributed by atoms with van der Waals surface area (Å²) in [6.45, 7) is 0.499. The van der Waals surface area contributed by atoms with Gasteiger partial charge in [0.05, 0.1) is 14.2 Å². The molecule has 6 nitrogen and oxygen atoms in total. The molecule has 3 rings (SSSR count). The number of thioether (sulfide) groups is 1. The number of phenolic OH excluding ortho intramolecular Hbond substituents is 1. The second-order valence-corrected chi connectivity index (χ2v) is 9.63. The molecule has 4 N–H and O–H groups in total. The minimum atomic E-state index is -0.251. The third kappa shape index (κ3) is 5.95. The molecular formula is C24H31ClN2O4S. The predicted molar refractivity (Wildman–Crippen MR) is 131 cm³/mol. The molecule has 2 aromatic carbocycles. The molecule has 0 spiro atoms. The van der Waals surface area contributed by atoms with Crippen LogP contribution in [0.1, 0.15) is 53.3 Å². The molecule has 1 fully saturated rings. The molecule has 32 heavy (non-hydrogen) atoms. The van der Waals surface area contributed by atoms with Gasteiger partial charge in [0, 0.05) is 33.8 Å². The Bertz CT molecular complexity index is 909. The number of nitrogen functional groups attached to an aromatic ring is 1. The van der Waals surface area contributed by atoms with Gasteiger partial charge in [0.1, 0.15) is 0 Å². The molecule has 174 valence electrons. The van der Waals surface area contributed by atoms with Gasteiger partial charge in [0.15, 0.2) is 11.5 Å². The lowest BCUT2D eigenvalue weighted by molar-refractivity contribution is 0.0955. The SMILES string of the molecule is COc1cc(C(=O)NCCSC(c2cc(Cl)ccc2N)C2CCCCC2)cc(OC)c1O. The Morgan fingerprint density at radius 2 is 1.84 bits per heavy atom. The highest BCUT2D eigenvalue weighted by atomic mass is 35.5. The molecule has 1 amide bonds. The molecule has 8 heteroatoms. The number of carbonyl (C=O) groups excluding carboxylic acids is 1. The van der Waals surface area contributed by atoms with Gasteiger partial charge in [-0.05, 0) is 54.7 Å². The van der Waals surface area contributed by atoms with Crippen molar-refractivity contribution in [2.75, 3.05) is 32.3 Å². The minimum absolute atomic E-state index is 0.128. The van der Waals surface area contributed by atoms with E-state index in [1.54, 1.807) is 0 Å². The quantitative estimate of drug-likeness (QED) is 0.328. The van der Waals surface area contributed by atoms with Crippen molar-refractivity contribution in [2.24, 2.45) is 5.92 Å². The van der Waals surface area contributed by atoms with Crippen LogP contribution in [0.4, 0.5) is 5.69 Å². The molecule has 0 bridgehead atoms. The summed E-state index contributed by atoms with van der Waals surface area (Å²) in [5.41, 5.74) is 8.53. The Balaban J connectivity index is 1.65. The molecule has 1 aliphatic carbocycles. The van der Waals surface area contributed by atoms with Crippen LogP contribution in [0.3, 0.4) is 0 Å². The molecule has 0 aliphatic heterocycles. The van der Waals surface area contributed by atoms with E-state index in [0.29, 0.717) is 23.0 Å². The molecule has 0 radical (unpaired) electrons. The van der Waals surface area contributed by atoms with E-state index in [-0.39, 0.29) is 28.4 Å². The number of rotatable bonds is 9. The van der Waals surface area contributed by atoms with Gasteiger partial charge in [-0.15, -0.1) is 0 Å². The number of hydrogen-bond donors (Lipinski definition) is 3. The fraction of sp³-hybridized carbons (Fsp3) is 0.458. The first-order valence-electron chi connectivity index (χ1n) is 10.8. The number of carbonyl (C=O) groups is 1. The van der Waals surface area contributed by atoms with Crippen molar-refractivity contribution in [3.63, 3.8) is 0 Å². The van der Waals surface area contributed by atoms with Gasteiger partial charge in [-0.25, -0.2) is 0 Å². The Kier molecular flexibility index (Phi) is 8.82. The first-order chi connectivity index (χ1) is 15.4. The maximum absolute atomic E-state index is 12.7. The van der Waals surface area contributed by atoms with E-state index in [0.717, 1.165) is 17.0 Å². The number of nitrogens with two attached hydrogens (primary N) is 1. The number of benzene rings is 2. The predicted octanol–water partition coefficient (Wildman–Crippen LogP) is 5.43. The van der Waals surface area contributed by atoms with Crippen LogP contribution in [0.25, 0.3) is 0 Å². The summed E-state index contributed by atoms with van der Waals surface area (Å²) in [5, 5.41) is 13.9. The van der Waals surface area contributed by atoms with Crippen molar-refractivity contribution in [1.29, 1.82) is 0 Å². The largest absolute Gasteiger partial charge is 0.502 e. The average Bonchev–Trinajstić information content (AvgIpc) is 2.81. The first kappa shape index (κ1) is 24.4. The molecule has 0 aromatic heterocycles. The van der Waals surface area contributed by atoms with E-state index in [1.807, 2.05) is 30.0 Å². The molecule has 0 heterocycles. The van der Waals surface area contributed by atoms with Crippen LogP contribution in [-0.4, -0.2) is 37.5 Å². The number of methoxy groups -OCH3 is 2. The van der Waals surface area contributed by atoms with Gasteiger partial charge in [-0.2, -0.15) is 11.8 Å². The summed E-state index contributed by atoms with van der Waals surface area (Å²) in [6.07, 6.45) is 6.13. The van der Waals surface area contributed by atoms with E-state index in [4.69, 9.17) is 26.8 Å². The highest BCUT2D eigenvalue weighted by molar-refractivity contribution is 7.99. The zero-order valence-electron chi connectivity index (χ0n) is 18.5. The number of ether oxygens (including phenoxy) is 2. The topological polar surface area (TPSA) is 93.8 Å². The van der Waals surface area contributed by atoms with Gasteiger partial charge in [0.2, 0.25) is 5.75 Å². The van der Waals surface area contributed by atoms with Crippen LogP contribution in [-0.2, 0) is 0 Å². The van der Waals surface area contributed by atoms with Gasteiger partial charge in [-0.1, -0.05) is 30.9 Å². The lowest BCUT2D eigenvalue weighted by Crippen LogP contribution is -2.26. The minimum Gasteiger partial charge on any atom is -0.502 e. The lowest BCUT2D eigenvalue weighted by Gasteiger charge is -2.31. The summed E-state index contributed by atoms with van der Waals surface area (Å²) >= 11 is 8.09. The second kappa shape index (κ2) is 11.6. The number of amides is 1. The summed E-state index contributed by atoms with van der Waals surface area (Å²) in [5.74, 6) is 1.30. The Morgan fingerprint density at radius 1 is 1.19 bits per heavy atom. The third-order valence-corrected chi connectivity index (χ3v) is 7.53. The highest BCUT2D eigenvalue weighted by Crippen LogP contribution is 2.45. The smallest absolute Gasteiger partial charge is 0.251 e. The van der Waals surface area contributed by atoms with E-state index >= 15 is 0 Å². The standard InChI is InChI=1S/C24H31ClN2O4S/c1-30-20-12-16(13-21(31-2)22(20)28)24(29)27-10-11-32-23(15-6-4-3-5-7-15)18-14-17(25)8-9-19(18)26/h8-9,12-15,23,28H,3-7,10-11,26H2,1-2H3,(H,27,29). The molecule has 1 atom stereocenters. The van der Waals surface area contributed by atoms with E-state index in [1.165, 1.54) is 58.5 Å². The Hall–Kier alpha value is -2.25. The van der Waals surface area contributed by atoms with Gasteiger partial charge < -0.3 is 25.6 Å². The van der Waals surface area contributed by atoms with Crippen molar-refractivity contribution >= 4 is 35.0 Å². The zero-order valence-corrected chi connectivity index (χ0v) is 20.1. The fourth-order valence-electron chi connectivity index (χ4n) is 4.19. The maximum atomic E-state index is 12.7. The average molecular weight is 479 g/mol. The van der Waals surface area contributed by atoms with Crippen LogP contribution < -0.4 is 20.5 Å². The number of halogens is 1. The van der Waals surface area contributed by atoms with Crippen molar-refractivity contribution in [3.8, 4) is 17.2 Å². The van der Waals surface area contributed by atoms with E-state index < -0.39 is 0 Å². The van der Waals surface area contributed by atoms with Gasteiger partial charge >= 0.3 is 0 Å². The van der Waals surface area contributed by atoms with Gasteiger partial charge in [-0.3, -0.25) is 4.79 Å². The normalized spacial score (nSPS) is 15.2. The second-order valence-electron chi connectivity index (χ2n) is 7.95. The fourth-order valence-corrected chi connectivity index (χ4v) is 5.77. The van der Waals surface area contributed by atoms with Crippen molar-refractivity contribution in [3.05, 3.63) is 46.5 Å². The molecule has 1 unspecified atom stereocenters. The van der Waals surface area contributed by atoms with E-state index in [9.17, 15) is 9.90 Å². The van der Waals surface area contributed by atoms with Crippen LogP contribution in [0.2, 0.25) is 5.02 Å². The monoisotopic (exact) mass is 478 g/mol. The van der Waals surface area contributed by atoms with Crippen LogP contribution in [0.15, 0.2) is 30.3 Å². The summed E-state index contributed by atoms with van der Waals surface area (Å²) < 4.78 is 10.3. The van der Waals surface area contributed by atoms with Crippen LogP contribution >= 0.6 is 23.4 Å². The van der Waals surface area contributed by atoms with Gasteiger partial charge in [0.25, 0.3) is 5.91 Å². The number of hydrogen-bond acceptors (Lipinski definition) is 6. The summed E-state index contributed by atoms with van der Waals surface area (Å²) in [6, 6.07) is 8.68. The van der Waals surface area contributed by atoms with Crippen LogP contribution in [0, 0.1) is 5.92 Å². The Morgan fingerprint density at radius 3 is 2.47 bits per heavy atom. The number of anilines is 1. The zero-order chi connectivity index (χ0) is 23.1. The molecular weight excluding hydrogens is 448 g/mol. The lowest BCUT2D eigenvalue weighted by atomic mass is 9.84. The maximum Gasteiger partial charge on any atom is 0.251 e. The van der Waals surface area contributed by atoms with Crippen molar-refractivity contribution in [2.45, 2.75) is 37.4 Å². The van der Waals surface area contributed by atoms with Crippen molar-refractivity contribution < 1.29 is 19.4 Å². The molecule has 1 aliphatic rings. The third-order valence-electron chi connectivity index (χ3n) is 5.86. The Labute approximate surface area is 198 Å². The molecule has 2 aromatic rings. The van der Waals surface area contributed by atoms with Crippen LogP contribution in [0.5, 0.6) is 17.2 Å². The summed E-state index contributed by atoms with van der Waals surface area (Å²) in [7, 11) is 2.86. The van der Waals surface area contributed by atoms with E-state index in [2.05, 4.69) is 5.32 Å². The number of nitrogens with one attached hydrogen (secondary N) is 1. The van der Waals surface area contributed by atoms with Crippen molar-refractivity contribution in [1.82, 2.24) is 5.32 Å². The highest BCUT2D eigenvalue weighted by Gasteiger charge is 2.27. The molecule has 1 saturated carbocycles. The summed E-state index contributed by atoms with van der Waals surface area (Å²) in [4.78, 5) is 12.7. The first-order valence-corrected chi connectivity index (χ1v) is 12.3. The molecule has 0 saturated heterocycles.